The summed E-state index contributed by atoms with van der Waals surface area (Å²) in [6.45, 7) is 9.21. The first-order chi connectivity index (χ1) is 10.8. The van der Waals surface area contributed by atoms with Crippen LogP contribution in [0.2, 0.25) is 0 Å². The molecule has 1 N–H and O–H groups in total. The maximum absolute atomic E-state index is 11.2. The fourth-order valence-corrected chi connectivity index (χ4v) is 2.69. The minimum Gasteiger partial charge on any atom is -0.481 e. The number of hydrogen-bond acceptors (Lipinski definition) is 3. The Bertz CT molecular complexity index is 360. The Morgan fingerprint density at radius 2 is 1.61 bits per heavy atom. The normalized spacial score (nSPS) is 12.7. The zero-order chi connectivity index (χ0) is 17.7. The van der Waals surface area contributed by atoms with Crippen LogP contribution >= 0.6 is 0 Å². The molecule has 0 bridgehead atoms. The summed E-state index contributed by atoms with van der Waals surface area (Å²) in [4.78, 5) is 22.1. The Hall–Kier alpha value is -1.32. The number of rotatable bonds is 14. The quantitative estimate of drug-likeness (QED) is 0.273. The van der Waals surface area contributed by atoms with Gasteiger partial charge < -0.3 is 9.84 Å². The summed E-state index contributed by atoms with van der Waals surface area (Å²) in [7, 11) is 0. The molecule has 0 aromatic carbocycles. The van der Waals surface area contributed by atoms with Gasteiger partial charge in [0.05, 0.1) is 5.92 Å². The summed E-state index contributed by atoms with van der Waals surface area (Å²) in [6, 6.07) is 0. The third kappa shape index (κ3) is 11.8. The molecule has 1 atom stereocenters. The van der Waals surface area contributed by atoms with Gasteiger partial charge in [0.1, 0.15) is 5.60 Å². The van der Waals surface area contributed by atoms with Crippen molar-refractivity contribution in [3.05, 3.63) is 12.7 Å². The van der Waals surface area contributed by atoms with Crippen LogP contribution in [0.15, 0.2) is 12.7 Å². The smallest absolute Gasteiger partial charge is 0.330 e. The van der Waals surface area contributed by atoms with Crippen LogP contribution in [0.3, 0.4) is 0 Å². The third-order valence-electron chi connectivity index (χ3n) is 4.22. The fraction of sp³-hybridized carbons (Fsp3) is 0.789. The Labute approximate surface area is 141 Å². The van der Waals surface area contributed by atoms with E-state index in [1.54, 1.807) is 0 Å². The van der Waals surface area contributed by atoms with E-state index in [-0.39, 0.29) is 11.9 Å². The molecule has 0 saturated heterocycles. The number of ether oxygens (including phenoxy) is 1. The van der Waals surface area contributed by atoms with E-state index in [1.807, 2.05) is 20.8 Å². The molecule has 0 aromatic rings. The number of aliphatic carboxylic acids is 1. The molecule has 0 fully saturated rings. The SMILES string of the molecule is C=CC(=O)OC(C)(C)CCCCCCCCCC(CC)C(=O)O. The number of carbonyl (C=O) groups is 2. The molecule has 0 radical (unpaired) electrons. The van der Waals surface area contributed by atoms with Crippen molar-refractivity contribution in [1.29, 1.82) is 0 Å². The number of unbranched alkanes of at least 4 members (excludes halogenated alkanes) is 6. The molecule has 1 unspecified atom stereocenters. The molecule has 0 aliphatic carbocycles. The number of esters is 1. The van der Waals surface area contributed by atoms with Crippen molar-refractivity contribution in [3.63, 3.8) is 0 Å². The van der Waals surface area contributed by atoms with Crippen LogP contribution in [0.4, 0.5) is 0 Å². The van der Waals surface area contributed by atoms with Crippen molar-refractivity contribution in [3.8, 4) is 0 Å². The van der Waals surface area contributed by atoms with Crippen LogP contribution in [0.25, 0.3) is 0 Å². The van der Waals surface area contributed by atoms with Crippen molar-refractivity contribution in [2.75, 3.05) is 0 Å². The van der Waals surface area contributed by atoms with E-state index in [4.69, 9.17) is 9.84 Å². The van der Waals surface area contributed by atoms with Gasteiger partial charge in [-0.15, -0.1) is 0 Å². The molecule has 0 aromatic heterocycles. The first kappa shape index (κ1) is 21.7. The molecule has 0 aliphatic rings. The molecule has 0 aliphatic heterocycles. The van der Waals surface area contributed by atoms with Gasteiger partial charge in [-0.3, -0.25) is 4.79 Å². The van der Waals surface area contributed by atoms with Crippen LogP contribution in [0, 0.1) is 5.92 Å². The predicted molar refractivity (Wildman–Crippen MR) is 93.3 cm³/mol. The second-order valence-electron chi connectivity index (χ2n) is 6.84. The van der Waals surface area contributed by atoms with Crippen LogP contribution < -0.4 is 0 Å². The summed E-state index contributed by atoms with van der Waals surface area (Å²) in [6.07, 6.45) is 11.5. The van der Waals surface area contributed by atoms with Gasteiger partial charge in [-0.1, -0.05) is 52.0 Å². The highest BCUT2D eigenvalue weighted by Gasteiger charge is 2.20. The molecule has 0 spiro atoms. The summed E-state index contributed by atoms with van der Waals surface area (Å²) in [5, 5.41) is 8.97. The lowest BCUT2D eigenvalue weighted by molar-refractivity contribution is -0.150. The molecular formula is C19H34O4. The molecular weight excluding hydrogens is 292 g/mol. The van der Waals surface area contributed by atoms with Gasteiger partial charge in [0.25, 0.3) is 0 Å². The van der Waals surface area contributed by atoms with Gasteiger partial charge >= 0.3 is 11.9 Å². The average molecular weight is 326 g/mol. The lowest BCUT2D eigenvalue weighted by atomic mass is 9.97. The monoisotopic (exact) mass is 326 g/mol. The first-order valence-electron chi connectivity index (χ1n) is 8.90. The van der Waals surface area contributed by atoms with Crippen molar-refractivity contribution in [2.24, 2.45) is 5.92 Å². The molecule has 4 nitrogen and oxygen atoms in total. The van der Waals surface area contributed by atoms with E-state index >= 15 is 0 Å². The molecule has 23 heavy (non-hydrogen) atoms. The fourth-order valence-electron chi connectivity index (χ4n) is 2.69. The van der Waals surface area contributed by atoms with Gasteiger partial charge in [-0.2, -0.15) is 0 Å². The minimum absolute atomic E-state index is 0.171. The average Bonchev–Trinajstić information content (AvgIpc) is 2.48. The number of carbonyl (C=O) groups excluding carboxylic acids is 1. The zero-order valence-electron chi connectivity index (χ0n) is 15.1. The predicted octanol–water partition coefficient (Wildman–Crippen LogP) is 5.12. The topological polar surface area (TPSA) is 63.6 Å². The Kier molecular flexibility index (Phi) is 11.4. The molecule has 0 rings (SSSR count). The molecule has 0 heterocycles. The molecule has 0 saturated carbocycles. The molecule has 134 valence electrons. The number of carboxylic acids is 1. The van der Waals surface area contributed by atoms with Gasteiger partial charge in [0.15, 0.2) is 0 Å². The number of hydrogen-bond donors (Lipinski definition) is 1. The Balaban J connectivity index is 3.54. The maximum Gasteiger partial charge on any atom is 0.330 e. The van der Waals surface area contributed by atoms with Gasteiger partial charge in [-0.25, -0.2) is 4.79 Å². The van der Waals surface area contributed by atoms with Crippen LogP contribution in [0.5, 0.6) is 0 Å². The van der Waals surface area contributed by atoms with Crippen molar-refractivity contribution >= 4 is 11.9 Å². The Morgan fingerprint density at radius 3 is 2.09 bits per heavy atom. The van der Waals surface area contributed by atoms with Crippen molar-refractivity contribution in [2.45, 2.75) is 90.6 Å². The van der Waals surface area contributed by atoms with E-state index in [2.05, 4.69) is 6.58 Å². The second-order valence-corrected chi connectivity index (χ2v) is 6.84. The summed E-state index contributed by atoms with van der Waals surface area (Å²) >= 11 is 0. The Morgan fingerprint density at radius 1 is 1.09 bits per heavy atom. The highest BCUT2D eigenvalue weighted by Crippen LogP contribution is 2.20. The van der Waals surface area contributed by atoms with E-state index in [0.29, 0.717) is 0 Å². The summed E-state index contributed by atoms with van der Waals surface area (Å²) < 4.78 is 5.29. The highest BCUT2D eigenvalue weighted by atomic mass is 16.6. The van der Waals surface area contributed by atoms with Gasteiger partial charge in [0.2, 0.25) is 0 Å². The van der Waals surface area contributed by atoms with E-state index in [0.717, 1.165) is 44.9 Å². The lowest BCUT2D eigenvalue weighted by Crippen LogP contribution is -2.27. The van der Waals surface area contributed by atoms with Crippen molar-refractivity contribution in [1.82, 2.24) is 0 Å². The highest BCUT2D eigenvalue weighted by molar-refractivity contribution is 5.81. The lowest BCUT2D eigenvalue weighted by Gasteiger charge is -2.24. The maximum atomic E-state index is 11.2. The van der Waals surface area contributed by atoms with Crippen molar-refractivity contribution < 1.29 is 19.4 Å². The van der Waals surface area contributed by atoms with Crippen LogP contribution in [-0.4, -0.2) is 22.6 Å². The van der Waals surface area contributed by atoms with E-state index < -0.39 is 11.6 Å². The van der Waals surface area contributed by atoms with Gasteiger partial charge in [0, 0.05) is 6.08 Å². The van der Waals surface area contributed by atoms with Gasteiger partial charge in [-0.05, 0) is 39.5 Å². The van der Waals surface area contributed by atoms with Crippen LogP contribution in [0.1, 0.15) is 85.0 Å². The van der Waals surface area contributed by atoms with E-state index in [1.165, 1.54) is 25.3 Å². The second kappa shape index (κ2) is 12.1. The van der Waals surface area contributed by atoms with Crippen LogP contribution in [-0.2, 0) is 14.3 Å². The zero-order valence-corrected chi connectivity index (χ0v) is 15.1. The summed E-state index contributed by atoms with van der Waals surface area (Å²) in [5.41, 5.74) is -0.419. The minimum atomic E-state index is -0.660. The third-order valence-corrected chi connectivity index (χ3v) is 4.22. The molecule has 0 amide bonds. The van der Waals surface area contributed by atoms with E-state index in [9.17, 15) is 9.59 Å². The summed E-state index contributed by atoms with van der Waals surface area (Å²) in [5.74, 6) is -1.19. The molecule has 4 heteroatoms. The standard InChI is InChI=1S/C19H34O4/c1-5-16(18(21)22)14-12-10-8-7-9-11-13-15-19(3,4)23-17(20)6-2/h6,16H,2,5,7-15H2,1,3-4H3,(H,21,22). The number of carboxylic acid groups (broad SMARTS) is 1. The largest absolute Gasteiger partial charge is 0.481 e. The first-order valence-corrected chi connectivity index (χ1v) is 8.90.